The van der Waals surface area contributed by atoms with Crippen LogP contribution in [0, 0.1) is 13.8 Å². The summed E-state index contributed by atoms with van der Waals surface area (Å²) in [5.41, 5.74) is 4.00. The largest absolute Gasteiger partial charge is 0.338 e. The minimum Gasteiger partial charge on any atom is -0.338 e. The van der Waals surface area contributed by atoms with Crippen LogP contribution < -0.4 is 14.9 Å². The Labute approximate surface area is 160 Å². The summed E-state index contributed by atoms with van der Waals surface area (Å²) in [6.07, 6.45) is 1.51. The highest BCUT2D eigenvalue weighted by atomic mass is 32.2. The molecule has 0 aliphatic carbocycles. The van der Waals surface area contributed by atoms with Gasteiger partial charge >= 0.3 is 6.03 Å². The molecule has 0 bridgehead atoms. The fourth-order valence-electron chi connectivity index (χ4n) is 3.25. The van der Waals surface area contributed by atoms with Gasteiger partial charge in [-0.1, -0.05) is 25.1 Å². The molecule has 0 aromatic heterocycles. The Balaban J connectivity index is 1.86. The molecule has 3 rings (SSSR count). The summed E-state index contributed by atoms with van der Waals surface area (Å²) >= 11 is 0. The summed E-state index contributed by atoms with van der Waals surface area (Å²) in [7, 11) is -3.70. The van der Waals surface area contributed by atoms with E-state index in [0.717, 1.165) is 28.8 Å². The average molecular weight is 388 g/mol. The Morgan fingerprint density at radius 1 is 1.15 bits per heavy atom. The molecule has 0 atom stereocenters. The topological polar surface area (TPSA) is 78.5 Å². The van der Waals surface area contributed by atoms with Gasteiger partial charge in [-0.15, -0.1) is 0 Å². The number of nitrogens with one attached hydrogen (secondary N) is 2. The number of carbonyl (C=O) groups excluding carboxylic acids is 1. The lowest BCUT2D eigenvalue weighted by Crippen LogP contribution is -2.39. The first kappa shape index (κ1) is 19.2. The number of para-hydroxylation sites is 1. The van der Waals surface area contributed by atoms with E-state index in [2.05, 4.69) is 10.0 Å². The molecule has 27 heavy (non-hydrogen) atoms. The normalized spacial score (nSPS) is 13.4. The van der Waals surface area contributed by atoms with E-state index < -0.39 is 10.0 Å². The van der Waals surface area contributed by atoms with Crippen molar-refractivity contribution in [1.82, 2.24) is 5.32 Å². The van der Waals surface area contributed by atoms with Crippen LogP contribution >= 0.6 is 0 Å². The van der Waals surface area contributed by atoms with Crippen LogP contribution in [0.1, 0.15) is 30.0 Å². The Hall–Kier alpha value is -2.54. The monoisotopic (exact) mass is 387 g/mol. The lowest BCUT2D eigenvalue weighted by Gasteiger charge is -2.18. The molecule has 1 heterocycles. The summed E-state index contributed by atoms with van der Waals surface area (Å²) in [5, 5.41) is 2.86. The zero-order chi connectivity index (χ0) is 19.6. The molecule has 7 heteroatoms. The summed E-state index contributed by atoms with van der Waals surface area (Å²) < 4.78 is 28.4. The van der Waals surface area contributed by atoms with Crippen molar-refractivity contribution in [2.24, 2.45) is 0 Å². The smallest absolute Gasteiger partial charge is 0.321 e. The molecule has 6 nitrogen and oxygen atoms in total. The fraction of sp³-hybridized carbons (Fsp3) is 0.350. The molecule has 0 saturated heterocycles. The molecule has 0 saturated carbocycles. The van der Waals surface area contributed by atoms with E-state index in [-0.39, 0.29) is 10.9 Å². The van der Waals surface area contributed by atoms with Crippen LogP contribution in [-0.2, 0) is 16.4 Å². The number of nitrogens with zero attached hydrogens (tertiary/aromatic N) is 1. The summed E-state index contributed by atoms with van der Waals surface area (Å²) in [6, 6.07) is 10.4. The molecule has 144 valence electrons. The second kappa shape index (κ2) is 7.60. The molecular formula is C20H25N3O3S. The molecule has 0 unspecified atom stereocenters. The quantitative estimate of drug-likeness (QED) is 0.823. The van der Waals surface area contributed by atoms with Crippen molar-refractivity contribution < 1.29 is 13.2 Å². The van der Waals surface area contributed by atoms with Crippen molar-refractivity contribution in [2.75, 3.05) is 22.7 Å². The van der Waals surface area contributed by atoms with Crippen molar-refractivity contribution in [2.45, 2.75) is 38.5 Å². The van der Waals surface area contributed by atoms with Crippen molar-refractivity contribution in [1.29, 1.82) is 0 Å². The number of urea groups is 1. The standard InChI is InChI=1S/C20H25N3O3S/c1-4-11-21-20(24)23-12-10-16-13-17(8-9-18(16)23)27(25,26)22-19-14(2)6-5-7-15(19)3/h5-9,13,22H,4,10-12H2,1-3H3,(H,21,24). The number of carbonyl (C=O) groups is 1. The summed E-state index contributed by atoms with van der Waals surface area (Å²) in [6.45, 7) is 6.93. The minimum absolute atomic E-state index is 0.139. The third-order valence-electron chi connectivity index (χ3n) is 4.75. The number of fused-ring (bicyclic) bond motifs is 1. The van der Waals surface area contributed by atoms with E-state index in [1.54, 1.807) is 23.1 Å². The van der Waals surface area contributed by atoms with E-state index >= 15 is 0 Å². The fourth-order valence-corrected chi connectivity index (χ4v) is 4.51. The summed E-state index contributed by atoms with van der Waals surface area (Å²) in [5.74, 6) is 0. The Morgan fingerprint density at radius 3 is 2.52 bits per heavy atom. The number of hydrogen-bond donors (Lipinski definition) is 2. The van der Waals surface area contributed by atoms with Gasteiger partial charge in [0.1, 0.15) is 0 Å². The van der Waals surface area contributed by atoms with E-state index in [0.29, 0.717) is 25.2 Å². The van der Waals surface area contributed by atoms with Gasteiger partial charge in [-0.2, -0.15) is 0 Å². The van der Waals surface area contributed by atoms with Crippen molar-refractivity contribution >= 4 is 27.4 Å². The maximum atomic E-state index is 12.9. The predicted molar refractivity (Wildman–Crippen MR) is 108 cm³/mol. The number of rotatable bonds is 5. The zero-order valence-electron chi connectivity index (χ0n) is 15.9. The van der Waals surface area contributed by atoms with Crippen molar-refractivity contribution in [3.63, 3.8) is 0 Å². The lowest BCUT2D eigenvalue weighted by atomic mass is 10.1. The number of aryl methyl sites for hydroxylation is 2. The highest BCUT2D eigenvalue weighted by molar-refractivity contribution is 7.92. The predicted octanol–water partition coefficient (Wildman–Crippen LogP) is 3.59. The van der Waals surface area contributed by atoms with Gasteiger partial charge in [0.15, 0.2) is 0 Å². The maximum Gasteiger partial charge on any atom is 0.321 e. The number of anilines is 2. The van der Waals surface area contributed by atoms with E-state index in [1.807, 2.05) is 39.0 Å². The van der Waals surface area contributed by atoms with Crippen LogP contribution in [0.4, 0.5) is 16.2 Å². The Morgan fingerprint density at radius 2 is 1.85 bits per heavy atom. The first-order valence-corrected chi connectivity index (χ1v) is 10.6. The average Bonchev–Trinajstić information content (AvgIpc) is 3.06. The number of sulfonamides is 1. The van der Waals surface area contributed by atoms with Crippen molar-refractivity contribution in [3.8, 4) is 0 Å². The molecule has 2 N–H and O–H groups in total. The van der Waals surface area contributed by atoms with Gasteiger partial charge in [-0.05, 0) is 61.6 Å². The van der Waals surface area contributed by atoms with Crippen LogP contribution in [0.2, 0.25) is 0 Å². The third kappa shape index (κ3) is 3.93. The van der Waals surface area contributed by atoms with Gasteiger partial charge in [-0.25, -0.2) is 13.2 Å². The van der Waals surface area contributed by atoms with Crippen LogP contribution in [-0.4, -0.2) is 27.5 Å². The molecule has 2 aromatic carbocycles. The second-order valence-electron chi connectivity index (χ2n) is 6.80. The Bertz CT molecular complexity index is 950. The molecule has 0 fully saturated rings. The third-order valence-corrected chi connectivity index (χ3v) is 6.09. The van der Waals surface area contributed by atoms with Gasteiger partial charge in [-0.3, -0.25) is 9.62 Å². The van der Waals surface area contributed by atoms with Crippen LogP contribution in [0.15, 0.2) is 41.3 Å². The Kier molecular flexibility index (Phi) is 5.41. The zero-order valence-corrected chi connectivity index (χ0v) is 16.7. The lowest BCUT2D eigenvalue weighted by molar-refractivity contribution is 0.247. The van der Waals surface area contributed by atoms with E-state index in [9.17, 15) is 13.2 Å². The molecule has 2 aromatic rings. The number of benzene rings is 2. The maximum absolute atomic E-state index is 12.9. The van der Waals surface area contributed by atoms with Crippen molar-refractivity contribution in [3.05, 3.63) is 53.1 Å². The van der Waals surface area contributed by atoms with Gasteiger partial charge in [0.2, 0.25) is 0 Å². The van der Waals surface area contributed by atoms with Gasteiger partial charge in [0.05, 0.1) is 10.6 Å². The molecule has 0 spiro atoms. The second-order valence-corrected chi connectivity index (χ2v) is 8.48. The first-order valence-electron chi connectivity index (χ1n) is 9.11. The first-order chi connectivity index (χ1) is 12.8. The molecule has 0 radical (unpaired) electrons. The SMILES string of the molecule is CCCNC(=O)N1CCc2cc(S(=O)(=O)Nc3c(C)cccc3C)ccc21. The highest BCUT2D eigenvalue weighted by Gasteiger charge is 2.26. The van der Waals surface area contributed by atoms with Gasteiger partial charge in [0.25, 0.3) is 10.0 Å². The number of amides is 2. The molecule has 1 aliphatic rings. The molecule has 2 amide bonds. The van der Waals surface area contributed by atoms with Crippen LogP contribution in [0.3, 0.4) is 0 Å². The number of hydrogen-bond acceptors (Lipinski definition) is 3. The van der Waals surface area contributed by atoms with Gasteiger partial charge < -0.3 is 5.32 Å². The minimum atomic E-state index is -3.70. The summed E-state index contributed by atoms with van der Waals surface area (Å²) in [4.78, 5) is 14.1. The van der Waals surface area contributed by atoms with E-state index in [1.165, 1.54) is 0 Å². The van der Waals surface area contributed by atoms with Gasteiger partial charge in [0, 0.05) is 18.8 Å². The van der Waals surface area contributed by atoms with Crippen LogP contribution in [0.5, 0.6) is 0 Å². The molecule has 1 aliphatic heterocycles. The molecular weight excluding hydrogens is 362 g/mol. The van der Waals surface area contributed by atoms with E-state index in [4.69, 9.17) is 0 Å². The highest BCUT2D eigenvalue weighted by Crippen LogP contribution is 2.31. The van der Waals surface area contributed by atoms with Crippen LogP contribution in [0.25, 0.3) is 0 Å².